The van der Waals surface area contributed by atoms with Gasteiger partial charge in [-0.25, -0.2) is 4.79 Å². The first-order chi connectivity index (χ1) is 13.6. The molecule has 1 atom stereocenters. The molecule has 8 heteroatoms. The van der Waals surface area contributed by atoms with Crippen molar-refractivity contribution >= 4 is 29.0 Å². The number of amides is 1. The Hall–Kier alpha value is -3.55. The van der Waals surface area contributed by atoms with Gasteiger partial charge in [-0.1, -0.05) is 13.8 Å². The number of nitro groups is 1. The van der Waals surface area contributed by atoms with Crippen LogP contribution in [0.1, 0.15) is 47.1 Å². The molecule has 0 fully saturated rings. The van der Waals surface area contributed by atoms with Crippen LogP contribution in [0.2, 0.25) is 0 Å². The zero-order chi connectivity index (χ0) is 21.7. The Kier molecular flexibility index (Phi) is 6.82. The minimum absolute atomic E-state index is 0.102. The average Bonchev–Trinajstić information content (AvgIpc) is 2.67. The molecule has 0 radical (unpaired) electrons. The monoisotopic (exact) mass is 398 g/mol. The topological polar surface area (TPSA) is 116 Å². The molecule has 2 aromatic rings. The predicted octanol–water partition coefficient (Wildman–Crippen LogP) is 3.93. The number of ketones is 1. The van der Waals surface area contributed by atoms with E-state index in [0.29, 0.717) is 16.8 Å². The highest BCUT2D eigenvalue weighted by atomic mass is 16.6. The van der Waals surface area contributed by atoms with E-state index in [4.69, 9.17) is 4.74 Å². The summed E-state index contributed by atoms with van der Waals surface area (Å²) in [5, 5.41) is 13.6. The molecule has 0 bridgehead atoms. The van der Waals surface area contributed by atoms with Gasteiger partial charge in [0.2, 0.25) is 11.7 Å². The highest BCUT2D eigenvalue weighted by Crippen LogP contribution is 2.20. The van der Waals surface area contributed by atoms with Gasteiger partial charge in [0.1, 0.15) is 0 Å². The molecule has 0 aromatic heterocycles. The standard InChI is InChI=1S/C21H22N2O6/c1-12(2)20(25)22-17-8-5-15(6-9-17)19(24)14(4)29-21(26)16-7-10-18(23(27)28)13(3)11-16/h5-12,14H,1-4H3,(H,22,25). The van der Waals surface area contributed by atoms with E-state index in [2.05, 4.69) is 5.32 Å². The number of carbonyl (C=O) groups is 3. The van der Waals surface area contributed by atoms with Crippen molar-refractivity contribution in [2.24, 2.45) is 5.92 Å². The number of hydrogen-bond donors (Lipinski definition) is 1. The minimum Gasteiger partial charge on any atom is -0.451 e. The molecule has 0 saturated carbocycles. The van der Waals surface area contributed by atoms with Gasteiger partial charge in [0.05, 0.1) is 10.5 Å². The van der Waals surface area contributed by atoms with Gasteiger partial charge in [0.25, 0.3) is 5.69 Å². The largest absolute Gasteiger partial charge is 0.451 e. The predicted molar refractivity (Wildman–Crippen MR) is 107 cm³/mol. The number of nitrogens with one attached hydrogen (secondary N) is 1. The maximum Gasteiger partial charge on any atom is 0.338 e. The number of nitrogens with zero attached hydrogens (tertiary/aromatic N) is 1. The number of carbonyl (C=O) groups excluding carboxylic acids is 3. The number of nitro benzene ring substituents is 1. The molecule has 0 spiro atoms. The maximum absolute atomic E-state index is 12.5. The van der Waals surface area contributed by atoms with Crippen molar-refractivity contribution in [3.05, 3.63) is 69.3 Å². The van der Waals surface area contributed by atoms with E-state index in [1.54, 1.807) is 38.1 Å². The average molecular weight is 398 g/mol. The molecule has 1 N–H and O–H groups in total. The third-order valence-electron chi connectivity index (χ3n) is 4.24. The lowest BCUT2D eigenvalue weighted by atomic mass is 10.1. The number of hydrogen-bond acceptors (Lipinski definition) is 6. The van der Waals surface area contributed by atoms with Gasteiger partial charge >= 0.3 is 5.97 Å². The van der Waals surface area contributed by atoms with E-state index in [0.717, 1.165) is 0 Å². The number of benzene rings is 2. The lowest BCUT2D eigenvalue weighted by Gasteiger charge is -2.13. The first-order valence-electron chi connectivity index (χ1n) is 9.01. The molecule has 29 heavy (non-hydrogen) atoms. The van der Waals surface area contributed by atoms with Crippen LogP contribution in [-0.2, 0) is 9.53 Å². The van der Waals surface area contributed by atoms with Crippen LogP contribution in [0.15, 0.2) is 42.5 Å². The summed E-state index contributed by atoms with van der Waals surface area (Å²) in [6, 6.07) is 10.1. The second kappa shape index (κ2) is 9.09. The van der Waals surface area contributed by atoms with Gasteiger partial charge in [-0.3, -0.25) is 19.7 Å². The third-order valence-corrected chi connectivity index (χ3v) is 4.24. The quantitative estimate of drug-likeness (QED) is 0.327. The summed E-state index contributed by atoms with van der Waals surface area (Å²) in [5.41, 5.74) is 1.23. The Morgan fingerprint density at radius 2 is 1.59 bits per heavy atom. The minimum atomic E-state index is -1.05. The van der Waals surface area contributed by atoms with Crippen LogP contribution < -0.4 is 5.32 Å². The van der Waals surface area contributed by atoms with E-state index in [1.165, 1.54) is 32.0 Å². The molecule has 0 saturated heterocycles. The molecule has 0 aliphatic rings. The molecule has 0 heterocycles. The van der Waals surface area contributed by atoms with Gasteiger partial charge in [0, 0.05) is 28.8 Å². The molecule has 2 rings (SSSR count). The van der Waals surface area contributed by atoms with Crippen molar-refractivity contribution in [3.63, 3.8) is 0 Å². The summed E-state index contributed by atoms with van der Waals surface area (Å²) in [4.78, 5) is 46.8. The van der Waals surface area contributed by atoms with E-state index in [-0.39, 0.29) is 23.1 Å². The number of rotatable bonds is 7. The fourth-order valence-corrected chi connectivity index (χ4v) is 2.51. The van der Waals surface area contributed by atoms with Crippen LogP contribution in [0.4, 0.5) is 11.4 Å². The van der Waals surface area contributed by atoms with Crippen LogP contribution in [0.3, 0.4) is 0 Å². The van der Waals surface area contributed by atoms with Crippen LogP contribution in [-0.4, -0.2) is 28.7 Å². The number of Topliss-reactive ketones (excluding diaryl/α,β-unsaturated/α-hetero) is 1. The van der Waals surface area contributed by atoms with Crippen molar-refractivity contribution in [1.29, 1.82) is 0 Å². The van der Waals surface area contributed by atoms with Crippen molar-refractivity contribution < 1.29 is 24.0 Å². The van der Waals surface area contributed by atoms with Crippen LogP contribution in [0.25, 0.3) is 0 Å². The SMILES string of the molecule is Cc1cc(C(=O)OC(C)C(=O)c2ccc(NC(=O)C(C)C)cc2)ccc1[N+](=O)[O-]. The zero-order valence-electron chi connectivity index (χ0n) is 16.6. The summed E-state index contributed by atoms with van der Waals surface area (Å²) in [6.07, 6.45) is -1.05. The van der Waals surface area contributed by atoms with E-state index in [1.807, 2.05) is 0 Å². The first kappa shape index (κ1) is 21.7. The molecule has 1 amide bonds. The van der Waals surface area contributed by atoms with Gasteiger partial charge in [-0.2, -0.15) is 0 Å². The smallest absolute Gasteiger partial charge is 0.338 e. The van der Waals surface area contributed by atoms with Gasteiger partial charge in [0.15, 0.2) is 6.10 Å². The van der Waals surface area contributed by atoms with Crippen molar-refractivity contribution in [1.82, 2.24) is 0 Å². The summed E-state index contributed by atoms with van der Waals surface area (Å²) in [5.74, 6) is -1.45. The molecular weight excluding hydrogens is 376 g/mol. The van der Waals surface area contributed by atoms with Crippen molar-refractivity contribution in [2.75, 3.05) is 5.32 Å². The number of aryl methyl sites for hydroxylation is 1. The summed E-state index contributed by atoms with van der Waals surface area (Å²) in [7, 11) is 0. The molecule has 0 aliphatic carbocycles. The molecular formula is C21H22N2O6. The van der Waals surface area contributed by atoms with E-state index < -0.39 is 22.8 Å². The highest BCUT2D eigenvalue weighted by molar-refractivity contribution is 6.02. The Balaban J connectivity index is 2.04. The lowest BCUT2D eigenvalue weighted by Crippen LogP contribution is -2.24. The summed E-state index contributed by atoms with van der Waals surface area (Å²) >= 11 is 0. The first-order valence-corrected chi connectivity index (χ1v) is 9.01. The maximum atomic E-state index is 12.5. The fourth-order valence-electron chi connectivity index (χ4n) is 2.51. The molecule has 1 unspecified atom stereocenters. The van der Waals surface area contributed by atoms with Gasteiger partial charge < -0.3 is 10.1 Å². The van der Waals surface area contributed by atoms with E-state index >= 15 is 0 Å². The number of ether oxygens (including phenoxy) is 1. The number of anilines is 1. The molecule has 152 valence electrons. The fraction of sp³-hybridized carbons (Fsp3) is 0.286. The normalized spacial score (nSPS) is 11.6. The van der Waals surface area contributed by atoms with Crippen LogP contribution in [0.5, 0.6) is 0 Å². The molecule has 8 nitrogen and oxygen atoms in total. The number of esters is 1. The van der Waals surface area contributed by atoms with Crippen LogP contribution in [0, 0.1) is 23.0 Å². The Labute approximate surface area is 168 Å². The zero-order valence-corrected chi connectivity index (χ0v) is 16.6. The lowest BCUT2D eigenvalue weighted by molar-refractivity contribution is -0.385. The second-order valence-corrected chi connectivity index (χ2v) is 6.89. The van der Waals surface area contributed by atoms with Crippen molar-refractivity contribution in [3.8, 4) is 0 Å². The van der Waals surface area contributed by atoms with E-state index in [9.17, 15) is 24.5 Å². The van der Waals surface area contributed by atoms with Crippen LogP contribution >= 0.6 is 0 Å². The van der Waals surface area contributed by atoms with Crippen molar-refractivity contribution in [2.45, 2.75) is 33.8 Å². The second-order valence-electron chi connectivity index (χ2n) is 6.89. The Morgan fingerprint density at radius 1 is 1.00 bits per heavy atom. The summed E-state index contributed by atoms with van der Waals surface area (Å²) < 4.78 is 5.21. The molecule has 2 aromatic carbocycles. The highest BCUT2D eigenvalue weighted by Gasteiger charge is 2.22. The summed E-state index contributed by atoms with van der Waals surface area (Å²) in [6.45, 7) is 6.52. The Morgan fingerprint density at radius 3 is 2.10 bits per heavy atom. The van der Waals surface area contributed by atoms with Gasteiger partial charge in [-0.05, 0) is 50.2 Å². The Bertz CT molecular complexity index is 950. The molecule has 0 aliphatic heterocycles. The van der Waals surface area contributed by atoms with Gasteiger partial charge in [-0.15, -0.1) is 0 Å². The third kappa shape index (κ3) is 5.47.